The van der Waals surface area contributed by atoms with Crippen molar-refractivity contribution in [1.82, 2.24) is 0 Å². The molecule has 0 saturated carbocycles. The number of carbonyl (C=O) groups excluding carboxylic acids is 1. The van der Waals surface area contributed by atoms with E-state index in [0.717, 1.165) is 5.56 Å². The van der Waals surface area contributed by atoms with E-state index < -0.39 is 11.4 Å². The van der Waals surface area contributed by atoms with Crippen LogP contribution in [-0.4, -0.2) is 12.6 Å². The third kappa shape index (κ3) is 4.21. The van der Waals surface area contributed by atoms with E-state index in [1.54, 1.807) is 60.7 Å². The van der Waals surface area contributed by atoms with Crippen molar-refractivity contribution < 1.29 is 18.7 Å². The van der Waals surface area contributed by atoms with E-state index in [1.165, 1.54) is 0 Å². The second-order valence-electron chi connectivity index (χ2n) is 6.67. The maximum Gasteiger partial charge on any atom is 0.349 e. The van der Waals surface area contributed by atoms with Crippen LogP contribution in [-0.2, 0) is 4.79 Å². The summed E-state index contributed by atoms with van der Waals surface area (Å²) in [6.07, 6.45) is 0. The Labute approximate surface area is 177 Å². The number of aryl methyl sites for hydroxylation is 1. The van der Waals surface area contributed by atoms with E-state index in [-0.39, 0.29) is 18.1 Å². The summed E-state index contributed by atoms with van der Waals surface area (Å²) in [6, 6.07) is 20.8. The van der Waals surface area contributed by atoms with Gasteiger partial charge in [-0.2, -0.15) is 0 Å². The number of benzene rings is 3. The Kier molecular flexibility index (Phi) is 5.55. The first-order valence-corrected chi connectivity index (χ1v) is 9.61. The first-order valence-electron chi connectivity index (χ1n) is 9.23. The van der Waals surface area contributed by atoms with Gasteiger partial charge in [0.05, 0.1) is 5.39 Å². The van der Waals surface area contributed by atoms with Crippen LogP contribution in [0.5, 0.6) is 11.5 Å². The van der Waals surface area contributed by atoms with Crippen LogP contribution in [0.25, 0.3) is 22.3 Å². The minimum absolute atomic E-state index is 0.154. The lowest BCUT2D eigenvalue weighted by Crippen LogP contribution is -2.21. The zero-order valence-corrected chi connectivity index (χ0v) is 16.8. The normalized spacial score (nSPS) is 10.7. The molecule has 4 rings (SSSR count). The predicted octanol–water partition coefficient (Wildman–Crippen LogP) is 5.41. The Morgan fingerprint density at radius 2 is 1.73 bits per heavy atom. The highest BCUT2D eigenvalue weighted by molar-refractivity contribution is 6.30. The molecule has 0 N–H and O–H groups in total. The molecule has 30 heavy (non-hydrogen) atoms. The zero-order valence-electron chi connectivity index (χ0n) is 16.1. The number of halogens is 1. The summed E-state index contributed by atoms with van der Waals surface area (Å²) in [5.74, 6) is -0.222. The van der Waals surface area contributed by atoms with Crippen molar-refractivity contribution in [2.75, 3.05) is 6.61 Å². The van der Waals surface area contributed by atoms with E-state index in [0.29, 0.717) is 27.3 Å². The molecule has 5 nitrogen and oxygen atoms in total. The average Bonchev–Trinajstić information content (AvgIpc) is 2.76. The summed E-state index contributed by atoms with van der Waals surface area (Å²) < 4.78 is 16.8. The van der Waals surface area contributed by atoms with Crippen LogP contribution in [0, 0.1) is 6.92 Å². The van der Waals surface area contributed by atoms with Crippen molar-refractivity contribution in [1.29, 1.82) is 0 Å². The Morgan fingerprint density at radius 3 is 2.47 bits per heavy atom. The zero-order chi connectivity index (χ0) is 21.1. The number of hydrogen-bond acceptors (Lipinski definition) is 5. The number of para-hydroxylation sites is 1. The fourth-order valence-electron chi connectivity index (χ4n) is 2.98. The molecule has 0 fully saturated rings. The Balaban J connectivity index is 1.73. The lowest BCUT2D eigenvalue weighted by atomic mass is 10.1. The summed E-state index contributed by atoms with van der Waals surface area (Å²) in [7, 11) is 0. The van der Waals surface area contributed by atoms with Gasteiger partial charge >= 0.3 is 5.97 Å². The van der Waals surface area contributed by atoms with Gasteiger partial charge in [0.1, 0.15) is 11.3 Å². The van der Waals surface area contributed by atoms with Gasteiger partial charge in [0.2, 0.25) is 11.2 Å². The van der Waals surface area contributed by atoms with Gasteiger partial charge in [-0.1, -0.05) is 41.4 Å². The second kappa shape index (κ2) is 8.43. The van der Waals surface area contributed by atoms with Gasteiger partial charge < -0.3 is 13.9 Å². The molecule has 4 aromatic rings. The first-order chi connectivity index (χ1) is 14.5. The van der Waals surface area contributed by atoms with Crippen LogP contribution in [0.3, 0.4) is 0 Å². The predicted molar refractivity (Wildman–Crippen MR) is 115 cm³/mol. The molecule has 3 aromatic carbocycles. The highest BCUT2D eigenvalue weighted by atomic mass is 35.5. The molecule has 0 aliphatic heterocycles. The molecule has 0 saturated heterocycles. The monoisotopic (exact) mass is 420 g/mol. The summed E-state index contributed by atoms with van der Waals surface area (Å²) in [6.45, 7) is 1.51. The Hall–Kier alpha value is -3.57. The Morgan fingerprint density at radius 1 is 1.00 bits per heavy atom. The fraction of sp³-hybridized carbons (Fsp3) is 0.0833. The molecule has 0 radical (unpaired) electrons. The lowest BCUT2D eigenvalue weighted by Gasteiger charge is -2.11. The lowest BCUT2D eigenvalue weighted by molar-refractivity contribution is -0.136. The van der Waals surface area contributed by atoms with Gasteiger partial charge in [-0.05, 0) is 55.5 Å². The Bertz CT molecular complexity index is 1260. The van der Waals surface area contributed by atoms with Gasteiger partial charge in [-0.15, -0.1) is 0 Å². The number of fused-ring (bicyclic) bond motifs is 1. The molecule has 0 bridgehead atoms. The molecule has 6 heteroatoms. The van der Waals surface area contributed by atoms with E-state index in [4.69, 9.17) is 25.5 Å². The van der Waals surface area contributed by atoms with Crippen molar-refractivity contribution in [3.8, 4) is 22.8 Å². The van der Waals surface area contributed by atoms with E-state index in [2.05, 4.69) is 0 Å². The molecule has 1 aromatic heterocycles. The maximum atomic E-state index is 13.1. The van der Waals surface area contributed by atoms with Gasteiger partial charge in [0.15, 0.2) is 12.4 Å². The average molecular weight is 421 g/mol. The number of hydrogen-bond donors (Lipinski definition) is 0. The van der Waals surface area contributed by atoms with Crippen LogP contribution >= 0.6 is 11.6 Å². The molecule has 0 amide bonds. The quantitative estimate of drug-likeness (QED) is 0.404. The van der Waals surface area contributed by atoms with Crippen LogP contribution < -0.4 is 14.9 Å². The smallest absolute Gasteiger partial charge is 0.349 e. The molecule has 0 aliphatic rings. The van der Waals surface area contributed by atoms with Crippen LogP contribution in [0.1, 0.15) is 5.56 Å². The maximum absolute atomic E-state index is 13.1. The largest absolute Gasteiger partial charge is 0.482 e. The summed E-state index contributed by atoms with van der Waals surface area (Å²) >= 11 is 5.97. The number of esters is 1. The molecular weight excluding hydrogens is 404 g/mol. The topological polar surface area (TPSA) is 65.7 Å². The molecular formula is C24H17ClO5. The molecule has 0 spiro atoms. The molecule has 0 aliphatic carbocycles. The van der Waals surface area contributed by atoms with Gasteiger partial charge in [-0.3, -0.25) is 4.79 Å². The van der Waals surface area contributed by atoms with Crippen molar-refractivity contribution in [2.24, 2.45) is 0 Å². The van der Waals surface area contributed by atoms with E-state index >= 15 is 0 Å². The van der Waals surface area contributed by atoms with Crippen molar-refractivity contribution in [3.63, 3.8) is 0 Å². The summed E-state index contributed by atoms with van der Waals surface area (Å²) in [5.41, 5.74) is 1.42. The first kappa shape index (κ1) is 19.7. The molecule has 0 atom stereocenters. The van der Waals surface area contributed by atoms with Gasteiger partial charge in [0.25, 0.3) is 0 Å². The number of rotatable bonds is 5. The van der Waals surface area contributed by atoms with Gasteiger partial charge in [0, 0.05) is 10.6 Å². The number of carbonyl (C=O) groups is 1. The third-order valence-corrected chi connectivity index (χ3v) is 4.68. The van der Waals surface area contributed by atoms with Crippen molar-refractivity contribution in [2.45, 2.75) is 6.92 Å². The summed E-state index contributed by atoms with van der Waals surface area (Å²) in [5, 5.41) is 0.867. The highest BCUT2D eigenvalue weighted by Crippen LogP contribution is 2.32. The van der Waals surface area contributed by atoms with Crippen molar-refractivity contribution >= 4 is 28.5 Å². The van der Waals surface area contributed by atoms with Crippen LogP contribution in [0.4, 0.5) is 0 Å². The minimum Gasteiger partial charge on any atom is -0.482 e. The molecule has 150 valence electrons. The van der Waals surface area contributed by atoms with Crippen molar-refractivity contribution in [3.05, 3.63) is 93.6 Å². The van der Waals surface area contributed by atoms with Gasteiger partial charge in [-0.25, -0.2) is 4.79 Å². The number of ether oxygens (including phenoxy) is 2. The summed E-state index contributed by atoms with van der Waals surface area (Å²) in [4.78, 5) is 25.6. The van der Waals surface area contributed by atoms with Crippen LogP contribution in [0.2, 0.25) is 5.02 Å². The minimum atomic E-state index is -0.714. The molecule has 0 unspecified atom stereocenters. The molecule has 1 heterocycles. The second-order valence-corrected chi connectivity index (χ2v) is 7.11. The van der Waals surface area contributed by atoms with Crippen LogP contribution in [0.15, 0.2) is 82.0 Å². The van der Waals surface area contributed by atoms with E-state index in [9.17, 15) is 9.59 Å². The highest BCUT2D eigenvalue weighted by Gasteiger charge is 2.21. The standard InChI is InChI=1S/C24H17ClO5/c1-15-7-12-20-19(13-15)22(27)24(23(29-20)16-8-10-17(25)11-9-16)30-21(26)14-28-18-5-3-2-4-6-18/h2-13H,14H2,1H3. The third-order valence-electron chi connectivity index (χ3n) is 4.43. The van der Waals surface area contributed by atoms with E-state index in [1.807, 2.05) is 19.1 Å². The fourth-order valence-corrected chi connectivity index (χ4v) is 3.10. The SMILES string of the molecule is Cc1ccc2oc(-c3ccc(Cl)cc3)c(OC(=O)COc3ccccc3)c(=O)c2c1.